The third kappa shape index (κ3) is 3.22. The average Bonchev–Trinajstić information content (AvgIpc) is 2.91. The minimum Gasteiger partial charge on any atom is -0.338 e. The van der Waals surface area contributed by atoms with E-state index in [9.17, 15) is 0 Å². The zero-order chi connectivity index (χ0) is 13.1. The van der Waals surface area contributed by atoms with Crippen LogP contribution in [-0.4, -0.2) is 16.7 Å². The minimum atomic E-state index is 0.236. The van der Waals surface area contributed by atoms with Gasteiger partial charge in [-0.1, -0.05) is 39.6 Å². The maximum Gasteiger partial charge on any atom is 0.243 e. The minimum absolute atomic E-state index is 0.236. The van der Waals surface area contributed by atoms with Gasteiger partial charge in [0.05, 0.1) is 6.04 Å². The van der Waals surface area contributed by atoms with Crippen molar-refractivity contribution in [3.8, 4) is 0 Å². The zero-order valence-electron chi connectivity index (χ0n) is 10.6. The molecule has 0 aliphatic carbocycles. The molecular weight excluding hydrogens is 306 g/mol. The van der Waals surface area contributed by atoms with E-state index in [-0.39, 0.29) is 6.04 Å². The molecule has 2 aromatic rings. The topological polar surface area (TPSA) is 51.0 Å². The second-order valence-corrected chi connectivity index (χ2v) is 5.77. The van der Waals surface area contributed by atoms with Crippen LogP contribution in [0.25, 0.3) is 0 Å². The van der Waals surface area contributed by atoms with Gasteiger partial charge in [0, 0.05) is 10.9 Å². The molecule has 1 aliphatic rings. The van der Waals surface area contributed by atoms with Gasteiger partial charge in [-0.05, 0) is 37.1 Å². The number of halogens is 1. The van der Waals surface area contributed by atoms with Gasteiger partial charge < -0.3 is 9.84 Å². The molecule has 4 nitrogen and oxygen atoms in total. The Morgan fingerprint density at radius 1 is 1.26 bits per heavy atom. The van der Waals surface area contributed by atoms with Crippen LogP contribution >= 0.6 is 15.9 Å². The summed E-state index contributed by atoms with van der Waals surface area (Å²) < 4.78 is 6.45. The second kappa shape index (κ2) is 5.84. The maximum absolute atomic E-state index is 5.37. The van der Waals surface area contributed by atoms with Gasteiger partial charge in [-0.3, -0.25) is 0 Å². The predicted octanol–water partition coefficient (Wildman–Crippen LogP) is 3.24. The molecule has 0 unspecified atom stereocenters. The van der Waals surface area contributed by atoms with E-state index in [0.717, 1.165) is 29.2 Å². The molecule has 0 amide bonds. The average molecular weight is 322 g/mol. The first-order chi connectivity index (χ1) is 9.31. The molecule has 1 atom stereocenters. The van der Waals surface area contributed by atoms with Crippen molar-refractivity contribution >= 4 is 15.9 Å². The summed E-state index contributed by atoms with van der Waals surface area (Å²) in [6, 6.07) is 8.43. The van der Waals surface area contributed by atoms with Crippen LogP contribution in [-0.2, 0) is 6.42 Å². The van der Waals surface area contributed by atoms with Crippen LogP contribution in [0.1, 0.15) is 42.6 Å². The summed E-state index contributed by atoms with van der Waals surface area (Å²) in [5, 5.41) is 7.49. The molecular formula is C14H16BrN3O. The maximum atomic E-state index is 5.37. The monoisotopic (exact) mass is 321 g/mol. The number of benzene rings is 1. The number of nitrogens with one attached hydrogen (secondary N) is 1. The Morgan fingerprint density at radius 2 is 2.11 bits per heavy atom. The van der Waals surface area contributed by atoms with E-state index in [1.54, 1.807) is 0 Å². The molecule has 1 aliphatic heterocycles. The van der Waals surface area contributed by atoms with E-state index in [0.29, 0.717) is 6.42 Å². The summed E-state index contributed by atoms with van der Waals surface area (Å²) in [5.74, 6) is 1.48. The number of hydrogen-bond donors (Lipinski definition) is 1. The Morgan fingerprint density at radius 3 is 2.84 bits per heavy atom. The highest BCUT2D eigenvalue weighted by atomic mass is 79.9. The fourth-order valence-corrected chi connectivity index (χ4v) is 2.59. The third-order valence-corrected chi connectivity index (χ3v) is 3.90. The van der Waals surface area contributed by atoms with E-state index in [1.807, 2.05) is 12.1 Å². The lowest BCUT2D eigenvalue weighted by molar-refractivity contribution is 0.296. The van der Waals surface area contributed by atoms with Gasteiger partial charge in [0.1, 0.15) is 0 Å². The lowest BCUT2D eigenvalue weighted by atomic mass is 10.1. The van der Waals surface area contributed by atoms with Gasteiger partial charge >= 0.3 is 0 Å². The van der Waals surface area contributed by atoms with Crippen LogP contribution < -0.4 is 5.32 Å². The first kappa shape index (κ1) is 12.8. The zero-order valence-corrected chi connectivity index (χ0v) is 12.2. The first-order valence-corrected chi connectivity index (χ1v) is 7.41. The van der Waals surface area contributed by atoms with Gasteiger partial charge in [0.15, 0.2) is 5.82 Å². The molecule has 5 heteroatoms. The summed E-state index contributed by atoms with van der Waals surface area (Å²) in [5.41, 5.74) is 1.19. The van der Waals surface area contributed by atoms with Crippen molar-refractivity contribution in [2.24, 2.45) is 0 Å². The quantitative estimate of drug-likeness (QED) is 0.942. The van der Waals surface area contributed by atoms with Crippen LogP contribution in [0.3, 0.4) is 0 Å². The Kier molecular flexibility index (Phi) is 3.94. The van der Waals surface area contributed by atoms with Crippen molar-refractivity contribution in [1.29, 1.82) is 0 Å². The van der Waals surface area contributed by atoms with Gasteiger partial charge in [0.2, 0.25) is 5.89 Å². The van der Waals surface area contributed by atoms with E-state index >= 15 is 0 Å². The summed E-state index contributed by atoms with van der Waals surface area (Å²) in [6.45, 7) is 1.04. The van der Waals surface area contributed by atoms with Crippen molar-refractivity contribution in [3.63, 3.8) is 0 Å². The lowest BCUT2D eigenvalue weighted by Crippen LogP contribution is -2.27. The molecule has 1 N–H and O–H groups in total. The van der Waals surface area contributed by atoms with E-state index in [4.69, 9.17) is 4.52 Å². The van der Waals surface area contributed by atoms with Crippen LogP contribution in [0.15, 0.2) is 33.3 Å². The summed E-state index contributed by atoms with van der Waals surface area (Å²) in [4.78, 5) is 4.50. The number of rotatable bonds is 3. The Bertz CT molecular complexity index is 532. The van der Waals surface area contributed by atoms with Crippen molar-refractivity contribution < 1.29 is 4.52 Å². The van der Waals surface area contributed by atoms with Crippen LogP contribution in [0, 0.1) is 0 Å². The highest BCUT2D eigenvalue weighted by Crippen LogP contribution is 2.21. The van der Waals surface area contributed by atoms with Crippen molar-refractivity contribution in [3.05, 3.63) is 46.0 Å². The summed E-state index contributed by atoms with van der Waals surface area (Å²) >= 11 is 3.43. The molecule has 2 heterocycles. The van der Waals surface area contributed by atoms with Gasteiger partial charge in [-0.25, -0.2) is 0 Å². The Balaban J connectivity index is 1.68. The third-order valence-electron chi connectivity index (χ3n) is 3.37. The molecule has 0 radical (unpaired) electrons. The van der Waals surface area contributed by atoms with Gasteiger partial charge in [-0.2, -0.15) is 4.98 Å². The molecule has 1 saturated heterocycles. The smallest absolute Gasteiger partial charge is 0.243 e. The van der Waals surface area contributed by atoms with Gasteiger partial charge in [0.25, 0.3) is 0 Å². The Hall–Kier alpha value is -1.20. The van der Waals surface area contributed by atoms with E-state index in [2.05, 4.69) is 43.5 Å². The van der Waals surface area contributed by atoms with Crippen molar-refractivity contribution in [2.75, 3.05) is 6.54 Å². The fraction of sp³-hybridized carbons (Fsp3) is 0.429. The molecule has 1 aromatic carbocycles. The van der Waals surface area contributed by atoms with Crippen molar-refractivity contribution in [2.45, 2.75) is 31.7 Å². The van der Waals surface area contributed by atoms with Gasteiger partial charge in [-0.15, -0.1) is 0 Å². The predicted molar refractivity (Wildman–Crippen MR) is 75.8 cm³/mol. The molecule has 19 heavy (non-hydrogen) atoms. The molecule has 1 fully saturated rings. The summed E-state index contributed by atoms with van der Waals surface area (Å²) in [6.07, 6.45) is 4.25. The molecule has 1 aromatic heterocycles. The highest BCUT2D eigenvalue weighted by molar-refractivity contribution is 9.10. The molecule has 100 valence electrons. The molecule has 3 rings (SSSR count). The van der Waals surface area contributed by atoms with Crippen LogP contribution in [0.5, 0.6) is 0 Å². The molecule has 0 saturated carbocycles. The standard InChI is InChI=1S/C14H16BrN3O/c15-11-6-4-10(5-7-11)9-13-17-14(19-18-13)12-3-1-2-8-16-12/h4-7,12,16H,1-3,8-9H2/t12-/m1/s1. The number of aromatic nitrogens is 2. The van der Waals surface area contributed by atoms with Crippen LogP contribution in [0.4, 0.5) is 0 Å². The van der Waals surface area contributed by atoms with E-state index in [1.165, 1.54) is 18.4 Å². The van der Waals surface area contributed by atoms with Crippen molar-refractivity contribution in [1.82, 2.24) is 15.5 Å². The second-order valence-electron chi connectivity index (χ2n) is 4.85. The number of nitrogens with zero attached hydrogens (tertiary/aromatic N) is 2. The molecule has 0 spiro atoms. The fourth-order valence-electron chi connectivity index (χ4n) is 2.33. The number of piperidine rings is 1. The first-order valence-electron chi connectivity index (χ1n) is 6.61. The summed E-state index contributed by atoms with van der Waals surface area (Å²) in [7, 11) is 0. The number of hydrogen-bond acceptors (Lipinski definition) is 4. The molecule has 0 bridgehead atoms. The SMILES string of the molecule is Brc1ccc(Cc2noc([C@H]3CCCCN3)n2)cc1. The largest absolute Gasteiger partial charge is 0.338 e. The lowest BCUT2D eigenvalue weighted by Gasteiger charge is -2.19. The normalized spacial score (nSPS) is 19.5. The Labute approximate surface area is 120 Å². The highest BCUT2D eigenvalue weighted by Gasteiger charge is 2.20. The van der Waals surface area contributed by atoms with Crippen LogP contribution in [0.2, 0.25) is 0 Å². The van der Waals surface area contributed by atoms with E-state index < -0.39 is 0 Å².